The SMILES string of the molecule is CC/C=C\CC(=O)OCC(COC(=O)C/C=C\CC)OC(=O)CCC(=O)O[C@H](C)[N+]1(C)CCC=C(c2nsnc2OCCCCCC)C1. The van der Waals surface area contributed by atoms with E-state index in [4.69, 9.17) is 23.7 Å². The van der Waals surface area contributed by atoms with Crippen LogP contribution < -0.4 is 4.74 Å². The van der Waals surface area contributed by atoms with Gasteiger partial charge in [-0.3, -0.25) is 23.7 Å². The molecule has 1 aliphatic heterocycles. The number of nitrogens with zero attached hydrogens (tertiary/aromatic N) is 3. The maximum atomic E-state index is 12.8. The first kappa shape index (κ1) is 40.6. The number of quaternary nitrogens is 1. The molecule has 2 atom stereocenters. The second-order valence-electron chi connectivity index (χ2n) is 11.9. The third-order valence-corrected chi connectivity index (χ3v) is 8.32. The average molecular weight is 693 g/mol. The van der Waals surface area contributed by atoms with Crippen LogP contribution in [0, 0.1) is 0 Å². The summed E-state index contributed by atoms with van der Waals surface area (Å²) in [5.41, 5.74) is 1.74. The van der Waals surface area contributed by atoms with Gasteiger partial charge in [0.2, 0.25) is 6.23 Å². The van der Waals surface area contributed by atoms with Gasteiger partial charge in [-0.15, -0.1) is 4.37 Å². The number of aromatic nitrogens is 2. The summed E-state index contributed by atoms with van der Waals surface area (Å²) in [5, 5.41) is 0. The van der Waals surface area contributed by atoms with Gasteiger partial charge in [-0.05, 0) is 19.3 Å². The van der Waals surface area contributed by atoms with Crippen molar-refractivity contribution in [2.24, 2.45) is 0 Å². The number of ether oxygens (including phenoxy) is 5. The highest BCUT2D eigenvalue weighted by Gasteiger charge is 2.37. The maximum Gasteiger partial charge on any atom is 0.310 e. The molecule has 2 heterocycles. The van der Waals surface area contributed by atoms with Crippen molar-refractivity contribution in [1.82, 2.24) is 8.75 Å². The lowest BCUT2D eigenvalue weighted by atomic mass is 10.0. The summed E-state index contributed by atoms with van der Waals surface area (Å²) in [4.78, 5) is 49.6. The summed E-state index contributed by atoms with van der Waals surface area (Å²) >= 11 is 1.12. The van der Waals surface area contributed by atoms with Crippen LogP contribution in [0.25, 0.3) is 5.57 Å². The first-order valence-electron chi connectivity index (χ1n) is 17.1. The van der Waals surface area contributed by atoms with Crippen LogP contribution in [0.15, 0.2) is 30.4 Å². The molecule has 1 aliphatic rings. The van der Waals surface area contributed by atoms with Crippen molar-refractivity contribution in [3.8, 4) is 5.88 Å². The van der Waals surface area contributed by atoms with Crippen LogP contribution in [0.5, 0.6) is 5.88 Å². The summed E-state index contributed by atoms with van der Waals surface area (Å²) in [6, 6.07) is 0. The Morgan fingerprint density at radius 2 is 1.48 bits per heavy atom. The van der Waals surface area contributed by atoms with Crippen molar-refractivity contribution in [3.05, 3.63) is 36.1 Å². The maximum absolute atomic E-state index is 12.8. The van der Waals surface area contributed by atoms with E-state index in [2.05, 4.69) is 21.7 Å². The highest BCUT2D eigenvalue weighted by molar-refractivity contribution is 6.99. The topological polar surface area (TPSA) is 140 Å². The molecule has 0 amide bonds. The molecule has 1 aromatic rings. The Kier molecular flexibility index (Phi) is 19.4. The zero-order chi connectivity index (χ0) is 35.2. The molecule has 0 fully saturated rings. The summed E-state index contributed by atoms with van der Waals surface area (Å²) < 4.78 is 36.9. The van der Waals surface area contributed by atoms with Crippen molar-refractivity contribution in [3.63, 3.8) is 0 Å². The molecule has 0 spiro atoms. The third-order valence-electron chi connectivity index (χ3n) is 7.81. The fourth-order valence-corrected chi connectivity index (χ4v) is 5.37. The van der Waals surface area contributed by atoms with Crippen molar-refractivity contribution >= 4 is 41.2 Å². The molecule has 0 aliphatic carbocycles. The van der Waals surface area contributed by atoms with Gasteiger partial charge in [0.25, 0.3) is 5.88 Å². The van der Waals surface area contributed by atoms with E-state index in [-0.39, 0.29) is 38.9 Å². The summed E-state index contributed by atoms with van der Waals surface area (Å²) in [5.74, 6) is -1.69. The van der Waals surface area contributed by atoms with Gasteiger partial charge in [0.1, 0.15) is 25.5 Å². The number of allylic oxidation sites excluding steroid dienone is 2. The number of carbonyl (C=O) groups is 4. The van der Waals surface area contributed by atoms with Gasteiger partial charge in [-0.1, -0.05) is 70.4 Å². The molecule has 1 aromatic heterocycles. The number of likely N-dealkylation sites (N-methyl/N-ethyl adjacent to an activating group) is 1. The van der Waals surface area contributed by atoms with Gasteiger partial charge in [0, 0.05) is 18.9 Å². The standard InChI is InChI=1S/C35H54N3O9S/c1-6-9-12-15-23-43-35-34(36-48-37-35)28-17-16-22-38(5,24-28)27(4)46-32(41)20-21-33(42)47-29(25-44-30(39)18-13-10-7-2)26-45-31(40)19-14-11-8-3/h10-11,13-14,17,27,29H,6-9,12,15-16,18-26H2,1-5H3/q+1/b13-10-,14-11-/t27-,38?/m1/s1. The molecule has 0 bridgehead atoms. The Bertz CT molecular complexity index is 1210. The normalized spacial score (nSPS) is 16.9. The fourth-order valence-electron chi connectivity index (χ4n) is 4.84. The number of hydrogen-bond acceptors (Lipinski definition) is 12. The van der Waals surface area contributed by atoms with Crippen LogP contribution in [-0.4, -0.2) is 89.4 Å². The lowest BCUT2D eigenvalue weighted by Crippen LogP contribution is -2.55. The average Bonchev–Trinajstić information content (AvgIpc) is 3.54. The molecule has 0 saturated heterocycles. The molecule has 1 unspecified atom stereocenters. The Morgan fingerprint density at radius 3 is 2.08 bits per heavy atom. The van der Waals surface area contributed by atoms with E-state index in [1.165, 1.54) is 6.42 Å². The van der Waals surface area contributed by atoms with Crippen LogP contribution in [-0.2, 0) is 38.1 Å². The molecular formula is C35H54N3O9S+. The van der Waals surface area contributed by atoms with E-state index in [0.29, 0.717) is 23.5 Å². The number of esters is 4. The van der Waals surface area contributed by atoms with Gasteiger partial charge in [-0.25, -0.2) is 0 Å². The quantitative estimate of drug-likeness (QED) is 0.0431. The predicted molar refractivity (Wildman–Crippen MR) is 183 cm³/mol. The van der Waals surface area contributed by atoms with E-state index in [9.17, 15) is 19.2 Å². The molecule has 268 valence electrons. The zero-order valence-corrected chi connectivity index (χ0v) is 30.1. The lowest BCUT2D eigenvalue weighted by molar-refractivity contribution is -0.944. The Morgan fingerprint density at radius 1 is 0.854 bits per heavy atom. The van der Waals surface area contributed by atoms with Gasteiger partial charge in [0.05, 0.1) is 57.6 Å². The van der Waals surface area contributed by atoms with Crippen LogP contribution >= 0.6 is 11.7 Å². The van der Waals surface area contributed by atoms with Crippen LogP contribution in [0.2, 0.25) is 0 Å². The minimum atomic E-state index is -1.01. The number of hydrogen-bond donors (Lipinski definition) is 0. The van der Waals surface area contributed by atoms with E-state index in [1.54, 1.807) is 12.2 Å². The van der Waals surface area contributed by atoms with Gasteiger partial charge < -0.3 is 23.7 Å². The van der Waals surface area contributed by atoms with Crippen LogP contribution in [0.3, 0.4) is 0 Å². The highest BCUT2D eigenvalue weighted by atomic mass is 32.1. The molecule has 0 radical (unpaired) electrons. The summed E-state index contributed by atoms with van der Waals surface area (Å²) in [6.07, 6.45) is 14.2. The largest absolute Gasteiger partial charge is 0.475 e. The van der Waals surface area contributed by atoms with Crippen LogP contribution in [0.4, 0.5) is 0 Å². The first-order valence-corrected chi connectivity index (χ1v) is 17.8. The van der Waals surface area contributed by atoms with Gasteiger partial charge in [-0.2, -0.15) is 4.37 Å². The summed E-state index contributed by atoms with van der Waals surface area (Å²) in [6.45, 7) is 9.28. The second kappa shape index (κ2) is 22.9. The fraction of sp³-hybridized carbons (Fsp3) is 0.657. The van der Waals surface area contributed by atoms with Gasteiger partial charge >= 0.3 is 23.9 Å². The van der Waals surface area contributed by atoms with E-state index >= 15 is 0 Å². The highest BCUT2D eigenvalue weighted by Crippen LogP contribution is 2.31. The number of unbranched alkanes of at least 4 members (excludes halogenated alkanes) is 3. The second-order valence-corrected chi connectivity index (χ2v) is 12.5. The van der Waals surface area contributed by atoms with Crippen molar-refractivity contribution < 1.29 is 47.3 Å². The number of carbonyl (C=O) groups excluding carboxylic acids is 4. The lowest BCUT2D eigenvalue weighted by Gasteiger charge is -2.41. The van der Waals surface area contributed by atoms with Crippen LogP contribution in [0.1, 0.15) is 104 Å². The molecule has 2 rings (SSSR count). The first-order chi connectivity index (χ1) is 23.1. The van der Waals surface area contributed by atoms with Crippen molar-refractivity contribution in [2.75, 3.05) is 40.0 Å². The molecule has 0 saturated carbocycles. The zero-order valence-electron chi connectivity index (χ0n) is 29.3. The van der Waals surface area contributed by atoms with Gasteiger partial charge in [0.15, 0.2) is 6.10 Å². The minimum Gasteiger partial charge on any atom is -0.475 e. The smallest absolute Gasteiger partial charge is 0.310 e. The molecule has 12 nitrogen and oxygen atoms in total. The molecule has 0 N–H and O–H groups in total. The third kappa shape index (κ3) is 15.5. The van der Waals surface area contributed by atoms with Crippen molar-refractivity contribution in [1.29, 1.82) is 0 Å². The molecule has 48 heavy (non-hydrogen) atoms. The molecule has 0 aromatic carbocycles. The monoisotopic (exact) mass is 692 g/mol. The minimum absolute atomic E-state index is 0.0730. The number of rotatable bonds is 23. The predicted octanol–water partition coefficient (Wildman–Crippen LogP) is 6.11. The van der Waals surface area contributed by atoms with Crippen molar-refractivity contribution in [2.45, 2.75) is 111 Å². The Balaban J connectivity index is 1.88. The van der Waals surface area contributed by atoms with E-state index in [0.717, 1.165) is 68.1 Å². The van der Waals surface area contributed by atoms with E-state index < -0.39 is 36.2 Å². The Labute approximate surface area is 289 Å². The van der Waals surface area contributed by atoms with E-state index in [1.807, 2.05) is 40.0 Å². The molecule has 13 heteroatoms. The molecular weight excluding hydrogens is 638 g/mol. The Hall–Kier alpha value is -3.58. The summed E-state index contributed by atoms with van der Waals surface area (Å²) in [7, 11) is 2.02.